The largest absolute Gasteiger partial charge is 0.384 e. The third kappa shape index (κ3) is 2.67. The molecule has 0 aliphatic rings. The third-order valence-corrected chi connectivity index (χ3v) is 3.44. The van der Waals surface area contributed by atoms with E-state index < -0.39 is 23.6 Å². The van der Waals surface area contributed by atoms with Crippen molar-refractivity contribution < 1.29 is 18.3 Å². The number of benzene rings is 2. The molecule has 0 aliphatic heterocycles. The van der Waals surface area contributed by atoms with Crippen molar-refractivity contribution in [1.29, 1.82) is 0 Å². The molecule has 0 heterocycles. The van der Waals surface area contributed by atoms with Gasteiger partial charge in [-0.25, -0.2) is 13.2 Å². The summed E-state index contributed by atoms with van der Waals surface area (Å²) in [6.07, 6.45) is -1.33. The van der Waals surface area contributed by atoms with Crippen LogP contribution in [0.2, 0.25) is 0 Å². The van der Waals surface area contributed by atoms with E-state index in [0.717, 1.165) is 24.3 Å². The minimum atomic E-state index is -1.33. The van der Waals surface area contributed by atoms with Crippen LogP contribution in [-0.4, -0.2) is 5.11 Å². The summed E-state index contributed by atoms with van der Waals surface area (Å²) in [6.45, 7) is 0. The number of hydrogen-bond acceptors (Lipinski definition) is 1. The highest BCUT2D eigenvalue weighted by molar-refractivity contribution is 14.1. The number of aliphatic hydroxyl groups excluding tert-OH is 1. The van der Waals surface area contributed by atoms with E-state index in [-0.39, 0.29) is 5.56 Å². The molecule has 0 spiro atoms. The molecule has 0 aromatic heterocycles. The molecule has 0 amide bonds. The molecule has 1 unspecified atom stereocenters. The minimum Gasteiger partial charge on any atom is -0.384 e. The molecule has 2 rings (SSSR count). The molecule has 1 atom stereocenters. The summed E-state index contributed by atoms with van der Waals surface area (Å²) in [5.74, 6) is -1.79. The van der Waals surface area contributed by atoms with Gasteiger partial charge in [0.2, 0.25) is 0 Å². The minimum absolute atomic E-state index is 0.167. The molecule has 2 aromatic carbocycles. The van der Waals surface area contributed by atoms with Crippen molar-refractivity contribution in [1.82, 2.24) is 0 Å². The Balaban J connectivity index is 2.47. The molecule has 0 aliphatic carbocycles. The van der Waals surface area contributed by atoms with E-state index in [2.05, 4.69) is 0 Å². The summed E-state index contributed by atoms with van der Waals surface area (Å²) in [5.41, 5.74) is 0.168. The molecule has 1 N–H and O–H groups in total. The molecule has 0 saturated carbocycles. The van der Waals surface area contributed by atoms with E-state index in [1.165, 1.54) is 12.1 Å². The van der Waals surface area contributed by atoms with Gasteiger partial charge >= 0.3 is 0 Å². The van der Waals surface area contributed by atoms with Gasteiger partial charge in [0, 0.05) is 9.13 Å². The molecule has 94 valence electrons. The van der Waals surface area contributed by atoms with E-state index >= 15 is 0 Å². The Labute approximate surface area is 115 Å². The fourth-order valence-electron chi connectivity index (χ4n) is 1.61. The van der Waals surface area contributed by atoms with Gasteiger partial charge in [-0.1, -0.05) is 6.07 Å². The Morgan fingerprint density at radius 3 is 2.17 bits per heavy atom. The first-order chi connectivity index (χ1) is 8.49. The predicted octanol–water partition coefficient (Wildman–Crippen LogP) is 3.79. The van der Waals surface area contributed by atoms with Crippen LogP contribution in [0.25, 0.3) is 0 Å². The molecular weight excluding hydrogens is 356 g/mol. The fourth-order valence-corrected chi connectivity index (χ4v) is 2.39. The lowest BCUT2D eigenvalue weighted by atomic mass is 10.0. The van der Waals surface area contributed by atoms with Gasteiger partial charge in [0.1, 0.15) is 23.6 Å². The summed E-state index contributed by atoms with van der Waals surface area (Å²) in [5, 5.41) is 10.0. The summed E-state index contributed by atoms with van der Waals surface area (Å²) >= 11 is 1.83. The normalized spacial score (nSPS) is 12.5. The van der Waals surface area contributed by atoms with Gasteiger partial charge in [-0.3, -0.25) is 0 Å². The second kappa shape index (κ2) is 5.27. The Hall–Kier alpha value is -1.08. The van der Waals surface area contributed by atoms with Gasteiger partial charge in [-0.2, -0.15) is 0 Å². The summed E-state index contributed by atoms with van der Waals surface area (Å²) in [4.78, 5) is 0. The van der Waals surface area contributed by atoms with Crippen LogP contribution in [0.1, 0.15) is 17.2 Å². The lowest BCUT2D eigenvalue weighted by Gasteiger charge is -2.14. The first kappa shape index (κ1) is 13.4. The lowest BCUT2D eigenvalue weighted by molar-refractivity contribution is 0.213. The van der Waals surface area contributed by atoms with Crippen molar-refractivity contribution in [3.63, 3.8) is 0 Å². The summed E-state index contributed by atoms with van der Waals surface area (Å²) < 4.78 is 39.9. The Bertz CT molecular complexity index is 586. The molecule has 2 aromatic rings. The van der Waals surface area contributed by atoms with Crippen LogP contribution >= 0.6 is 22.6 Å². The summed E-state index contributed by atoms with van der Waals surface area (Å²) in [6, 6.07) is 6.59. The zero-order valence-electron chi connectivity index (χ0n) is 9.00. The first-order valence-corrected chi connectivity index (χ1v) is 6.15. The molecule has 1 nitrogen and oxygen atoms in total. The smallest absolute Gasteiger partial charge is 0.129 e. The monoisotopic (exact) mass is 364 g/mol. The van der Waals surface area contributed by atoms with Gasteiger partial charge < -0.3 is 5.11 Å². The first-order valence-electron chi connectivity index (χ1n) is 5.07. The van der Waals surface area contributed by atoms with Crippen LogP contribution in [0.15, 0.2) is 36.4 Å². The lowest BCUT2D eigenvalue weighted by Crippen LogP contribution is -2.05. The molecular formula is C13H8F3IO. The third-order valence-electron chi connectivity index (χ3n) is 2.51. The quantitative estimate of drug-likeness (QED) is 0.805. The van der Waals surface area contributed by atoms with Crippen LogP contribution in [0.5, 0.6) is 0 Å². The maximum absolute atomic E-state index is 13.5. The van der Waals surface area contributed by atoms with Crippen molar-refractivity contribution in [2.24, 2.45) is 0 Å². The molecule has 0 saturated heterocycles. The maximum Gasteiger partial charge on any atom is 0.129 e. The Morgan fingerprint density at radius 2 is 1.50 bits per heavy atom. The van der Waals surface area contributed by atoms with Crippen LogP contribution in [0.4, 0.5) is 13.2 Å². The molecule has 0 bridgehead atoms. The predicted molar refractivity (Wildman–Crippen MR) is 69.5 cm³/mol. The molecule has 18 heavy (non-hydrogen) atoms. The van der Waals surface area contributed by atoms with E-state index in [1.54, 1.807) is 0 Å². The highest BCUT2D eigenvalue weighted by Gasteiger charge is 2.18. The van der Waals surface area contributed by atoms with Crippen molar-refractivity contribution in [2.75, 3.05) is 0 Å². The summed E-state index contributed by atoms with van der Waals surface area (Å²) in [7, 11) is 0. The van der Waals surface area contributed by atoms with Crippen LogP contribution in [0.3, 0.4) is 0 Å². The average molecular weight is 364 g/mol. The van der Waals surface area contributed by atoms with Crippen molar-refractivity contribution in [2.45, 2.75) is 6.10 Å². The second-order valence-corrected chi connectivity index (χ2v) is 4.90. The van der Waals surface area contributed by atoms with Crippen molar-refractivity contribution in [3.05, 3.63) is 68.5 Å². The van der Waals surface area contributed by atoms with Crippen molar-refractivity contribution in [3.8, 4) is 0 Å². The Kier molecular flexibility index (Phi) is 3.91. The molecule has 5 heteroatoms. The highest BCUT2D eigenvalue weighted by Crippen LogP contribution is 2.28. The SMILES string of the molecule is OC(c1cc(F)ccc1F)c1ccc(F)cc1I. The molecule has 0 fully saturated rings. The zero-order chi connectivity index (χ0) is 13.3. The van der Waals surface area contributed by atoms with Gasteiger partial charge in [0.15, 0.2) is 0 Å². The average Bonchev–Trinajstić information content (AvgIpc) is 2.31. The fraction of sp³-hybridized carbons (Fsp3) is 0.0769. The van der Waals surface area contributed by atoms with Gasteiger partial charge in [-0.15, -0.1) is 0 Å². The molecule has 0 radical (unpaired) electrons. The standard InChI is InChI=1S/C13H8F3IO/c14-7-2-4-11(16)10(5-7)13(18)9-3-1-8(15)6-12(9)17/h1-6,13,18H. The number of rotatable bonds is 2. The maximum atomic E-state index is 13.5. The van der Waals surface area contributed by atoms with Crippen LogP contribution in [-0.2, 0) is 0 Å². The van der Waals surface area contributed by atoms with E-state index in [0.29, 0.717) is 9.13 Å². The van der Waals surface area contributed by atoms with E-state index in [9.17, 15) is 18.3 Å². The highest BCUT2D eigenvalue weighted by atomic mass is 127. The van der Waals surface area contributed by atoms with Crippen LogP contribution < -0.4 is 0 Å². The van der Waals surface area contributed by atoms with Crippen LogP contribution in [0, 0.1) is 21.0 Å². The van der Waals surface area contributed by atoms with E-state index in [4.69, 9.17) is 0 Å². The number of aliphatic hydroxyl groups is 1. The van der Waals surface area contributed by atoms with Gasteiger partial charge in [-0.05, 0) is 58.5 Å². The second-order valence-electron chi connectivity index (χ2n) is 3.73. The topological polar surface area (TPSA) is 20.2 Å². The zero-order valence-corrected chi connectivity index (χ0v) is 11.2. The van der Waals surface area contributed by atoms with Gasteiger partial charge in [0.05, 0.1) is 0 Å². The number of halogens is 4. The number of hydrogen-bond donors (Lipinski definition) is 1. The Morgan fingerprint density at radius 1 is 0.889 bits per heavy atom. The van der Waals surface area contributed by atoms with E-state index in [1.807, 2.05) is 22.6 Å². The van der Waals surface area contributed by atoms with Gasteiger partial charge in [0.25, 0.3) is 0 Å². The van der Waals surface area contributed by atoms with Crippen molar-refractivity contribution >= 4 is 22.6 Å².